The van der Waals surface area contributed by atoms with Gasteiger partial charge in [-0.1, -0.05) is 12.8 Å². The van der Waals surface area contributed by atoms with Crippen LogP contribution in [0, 0.1) is 5.82 Å². The molecule has 1 heterocycles. The molecule has 1 aromatic rings. The monoisotopic (exact) mass is 291 g/mol. The molecule has 0 spiro atoms. The second-order valence-electron chi connectivity index (χ2n) is 6.24. The maximum absolute atomic E-state index is 12.9. The molecular formula is C17H26FN3. The van der Waals surface area contributed by atoms with Crippen LogP contribution in [-0.4, -0.2) is 50.2 Å². The lowest BCUT2D eigenvalue weighted by Gasteiger charge is -2.36. The first-order valence-corrected chi connectivity index (χ1v) is 8.27. The number of benzene rings is 1. The standard InChI is InChI=1S/C17H26FN3/c18-15-5-7-17(8-6-15)21-13-11-20(12-14-21)10-9-19-16-3-1-2-4-16/h5-8,16,19H,1-4,9-14H2. The van der Waals surface area contributed by atoms with Gasteiger partial charge < -0.3 is 10.2 Å². The van der Waals surface area contributed by atoms with Gasteiger partial charge >= 0.3 is 0 Å². The normalized spacial score (nSPS) is 21.1. The predicted molar refractivity (Wildman–Crippen MR) is 85.3 cm³/mol. The van der Waals surface area contributed by atoms with Gasteiger partial charge in [0.25, 0.3) is 0 Å². The van der Waals surface area contributed by atoms with Crippen LogP contribution in [0.15, 0.2) is 24.3 Å². The van der Waals surface area contributed by atoms with Crippen molar-refractivity contribution >= 4 is 5.69 Å². The van der Waals surface area contributed by atoms with Crippen LogP contribution in [0.25, 0.3) is 0 Å². The quantitative estimate of drug-likeness (QED) is 0.899. The number of hydrogen-bond acceptors (Lipinski definition) is 3. The summed E-state index contributed by atoms with van der Waals surface area (Å²) in [6.07, 6.45) is 5.51. The lowest BCUT2D eigenvalue weighted by atomic mass is 10.2. The zero-order valence-corrected chi connectivity index (χ0v) is 12.7. The minimum atomic E-state index is -0.157. The average molecular weight is 291 g/mol. The van der Waals surface area contributed by atoms with Crippen LogP contribution >= 0.6 is 0 Å². The number of nitrogens with one attached hydrogen (secondary N) is 1. The van der Waals surface area contributed by atoms with E-state index in [1.807, 2.05) is 12.1 Å². The average Bonchev–Trinajstić information content (AvgIpc) is 3.02. The number of rotatable bonds is 5. The van der Waals surface area contributed by atoms with Gasteiger partial charge in [-0.3, -0.25) is 4.90 Å². The van der Waals surface area contributed by atoms with Gasteiger partial charge in [-0.2, -0.15) is 0 Å². The number of nitrogens with zero attached hydrogens (tertiary/aromatic N) is 2. The van der Waals surface area contributed by atoms with E-state index in [4.69, 9.17) is 0 Å². The SMILES string of the molecule is Fc1ccc(N2CCN(CCNC3CCCC3)CC2)cc1. The summed E-state index contributed by atoms with van der Waals surface area (Å²) in [5.41, 5.74) is 1.14. The van der Waals surface area contributed by atoms with Crippen molar-refractivity contribution in [3.8, 4) is 0 Å². The summed E-state index contributed by atoms with van der Waals surface area (Å²) < 4.78 is 12.9. The van der Waals surface area contributed by atoms with Crippen molar-refractivity contribution in [2.45, 2.75) is 31.7 Å². The fourth-order valence-electron chi connectivity index (χ4n) is 3.44. The van der Waals surface area contributed by atoms with E-state index in [2.05, 4.69) is 15.1 Å². The smallest absolute Gasteiger partial charge is 0.123 e. The molecule has 1 N–H and O–H groups in total. The Kier molecular flexibility index (Phi) is 5.09. The van der Waals surface area contributed by atoms with E-state index in [9.17, 15) is 4.39 Å². The van der Waals surface area contributed by atoms with Gasteiger partial charge in [0, 0.05) is 51.0 Å². The number of piperazine rings is 1. The molecule has 4 heteroatoms. The molecular weight excluding hydrogens is 265 g/mol. The Morgan fingerprint density at radius 1 is 1.00 bits per heavy atom. The molecule has 1 aliphatic heterocycles. The summed E-state index contributed by atoms with van der Waals surface area (Å²) in [4.78, 5) is 4.88. The highest BCUT2D eigenvalue weighted by Gasteiger charge is 2.18. The van der Waals surface area contributed by atoms with E-state index in [1.54, 1.807) is 12.1 Å². The molecule has 0 unspecified atom stereocenters. The maximum Gasteiger partial charge on any atom is 0.123 e. The topological polar surface area (TPSA) is 18.5 Å². The van der Waals surface area contributed by atoms with E-state index in [0.29, 0.717) is 0 Å². The van der Waals surface area contributed by atoms with E-state index in [-0.39, 0.29) is 5.82 Å². The summed E-state index contributed by atoms with van der Waals surface area (Å²) in [5, 5.41) is 3.68. The molecule has 21 heavy (non-hydrogen) atoms. The fraction of sp³-hybridized carbons (Fsp3) is 0.647. The molecule has 0 atom stereocenters. The summed E-state index contributed by atoms with van der Waals surface area (Å²) >= 11 is 0. The zero-order chi connectivity index (χ0) is 14.5. The number of anilines is 1. The molecule has 1 aromatic carbocycles. The molecule has 3 rings (SSSR count). The Morgan fingerprint density at radius 2 is 1.67 bits per heavy atom. The van der Waals surface area contributed by atoms with E-state index < -0.39 is 0 Å². The van der Waals surface area contributed by atoms with Crippen LogP contribution in [0.4, 0.5) is 10.1 Å². The Balaban J connectivity index is 1.37. The fourth-order valence-corrected chi connectivity index (χ4v) is 3.44. The minimum absolute atomic E-state index is 0.157. The lowest BCUT2D eigenvalue weighted by Crippen LogP contribution is -2.48. The summed E-state index contributed by atoms with van der Waals surface area (Å²) in [5.74, 6) is -0.157. The van der Waals surface area contributed by atoms with Crippen LogP contribution in [0.3, 0.4) is 0 Å². The summed E-state index contributed by atoms with van der Waals surface area (Å²) in [6, 6.07) is 7.63. The molecule has 0 amide bonds. The molecule has 1 saturated carbocycles. The van der Waals surface area contributed by atoms with Crippen molar-refractivity contribution in [3.63, 3.8) is 0 Å². The summed E-state index contributed by atoms with van der Waals surface area (Å²) in [7, 11) is 0. The van der Waals surface area contributed by atoms with Crippen molar-refractivity contribution in [2.75, 3.05) is 44.2 Å². The van der Waals surface area contributed by atoms with Gasteiger partial charge in [0.05, 0.1) is 0 Å². The lowest BCUT2D eigenvalue weighted by molar-refractivity contribution is 0.254. The third kappa shape index (κ3) is 4.17. The minimum Gasteiger partial charge on any atom is -0.369 e. The van der Waals surface area contributed by atoms with Crippen LogP contribution in [0.5, 0.6) is 0 Å². The first kappa shape index (κ1) is 14.8. The number of halogens is 1. The second kappa shape index (κ2) is 7.23. The van der Waals surface area contributed by atoms with Crippen LogP contribution in [0.2, 0.25) is 0 Å². The zero-order valence-electron chi connectivity index (χ0n) is 12.7. The van der Waals surface area contributed by atoms with E-state index in [0.717, 1.165) is 51.0 Å². The van der Waals surface area contributed by atoms with Crippen molar-refractivity contribution in [2.24, 2.45) is 0 Å². The first-order valence-electron chi connectivity index (χ1n) is 8.27. The van der Waals surface area contributed by atoms with Gasteiger partial charge in [0.2, 0.25) is 0 Å². The van der Waals surface area contributed by atoms with Gasteiger partial charge in [-0.15, -0.1) is 0 Å². The molecule has 0 bridgehead atoms. The van der Waals surface area contributed by atoms with Crippen LogP contribution in [0.1, 0.15) is 25.7 Å². The summed E-state index contributed by atoms with van der Waals surface area (Å²) in [6.45, 7) is 6.53. The molecule has 2 fully saturated rings. The van der Waals surface area contributed by atoms with Crippen LogP contribution < -0.4 is 10.2 Å². The molecule has 0 aromatic heterocycles. The van der Waals surface area contributed by atoms with Gasteiger partial charge in [-0.25, -0.2) is 4.39 Å². The molecule has 3 nitrogen and oxygen atoms in total. The van der Waals surface area contributed by atoms with Crippen molar-refractivity contribution < 1.29 is 4.39 Å². The van der Waals surface area contributed by atoms with E-state index >= 15 is 0 Å². The maximum atomic E-state index is 12.9. The molecule has 1 saturated heterocycles. The third-order valence-electron chi connectivity index (χ3n) is 4.78. The second-order valence-corrected chi connectivity index (χ2v) is 6.24. The highest BCUT2D eigenvalue weighted by atomic mass is 19.1. The van der Waals surface area contributed by atoms with Crippen molar-refractivity contribution in [1.29, 1.82) is 0 Å². The highest BCUT2D eigenvalue weighted by Crippen LogP contribution is 2.18. The predicted octanol–water partition coefficient (Wildman–Crippen LogP) is 2.48. The van der Waals surface area contributed by atoms with Gasteiger partial charge in [0.1, 0.15) is 5.82 Å². The van der Waals surface area contributed by atoms with Gasteiger partial charge in [-0.05, 0) is 37.1 Å². The number of hydrogen-bond donors (Lipinski definition) is 1. The highest BCUT2D eigenvalue weighted by molar-refractivity contribution is 5.46. The first-order chi connectivity index (χ1) is 10.3. The third-order valence-corrected chi connectivity index (χ3v) is 4.78. The molecule has 2 aliphatic rings. The van der Waals surface area contributed by atoms with Crippen molar-refractivity contribution in [1.82, 2.24) is 10.2 Å². The Morgan fingerprint density at radius 3 is 2.33 bits per heavy atom. The van der Waals surface area contributed by atoms with Crippen LogP contribution in [-0.2, 0) is 0 Å². The van der Waals surface area contributed by atoms with Crippen molar-refractivity contribution in [3.05, 3.63) is 30.1 Å². The molecule has 116 valence electrons. The Hall–Kier alpha value is -1.13. The molecule has 0 radical (unpaired) electrons. The Labute approximate surface area is 127 Å². The largest absolute Gasteiger partial charge is 0.369 e. The van der Waals surface area contributed by atoms with Gasteiger partial charge in [0.15, 0.2) is 0 Å². The van der Waals surface area contributed by atoms with E-state index in [1.165, 1.54) is 25.7 Å². The Bertz CT molecular complexity index is 420. The molecule has 1 aliphatic carbocycles.